The minimum atomic E-state index is 0.197. The molecule has 0 aromatic carbocycles. The number of nitrogens with two attached hydrogens (primary N) is 1. The standard InChI is InChI=1S/C14H25N3/c1-10-7-11(15)8-16-12(10)17-9-14(5,6)13(2,3)4/h7-8H,9,15H2,1-6H3,(H,16,17). The number of pyridine rings is 1. The molecule has 1 aromatic rings. The van der Waals surface area contributed by atoms with E-state index in [9.17, 15) is 0 Å². The van der Waals surface area contributed by atoms with E-state index >= 15 is 0 Å². The summed E-state index contributed by atoms with van der Waals surface area (Å²) in [5, 5.41) is 3.42. The van der Waals surface area contributed by atoms with Crippen LogP contribution in [0, 0.1) is 17.8 Å². The Balaban J connectivity index is 2.74. The predicted molar refractivity (Wildman–Crippen MR) is 75.1 cm³/mol. The molecule has 0 spiro atoms. The molecule has 3 heteroatoms. The first kappa shape index (κ1) is 13.8. The molecule has 17 heavy (non-hydrogen) atoms. The zero-order valence-electron chi connectivity index (χ0n) is 11.9. The van der Waals surface area contributed by atoms with Crippen molar-refractivity contribution in [1.29, 1.82) is 0 Å². The topological polar surface area (TPSA) is 50.9 Å². The highest BCUT2D eigenvalue weighted by Gasteiger charge is 2.32. The van der Waals surface area contributed by atoms with Crippen LogP contribution in [0.25, 0.3) is 0 Å². The van der Waals surface area contributed by atoms with Gasteiger partial charge in [-0.1, -0.05) is 34.6 Å². The first-order valence-corrected chi connectivity index (χ1v) is 6.09. The van der Waals surface area contributed by atoms with Gasteiger partial charge < -0.3 is 11.1 Å². The SMILES string of the molecule is Cc1cc(N)cnc1NCC(C)(C)C(C)(C)C. The Morgan fingerprint density at radius 2 is 1.82 bits per heavy atom. The third-order valence-electron chi connectivity index (χ3n) is 3.83. The summed E-state index contributed by atoms with van der Waals surface area (Å²) in [5.74, 6) is 0.927. The molecule has 0 aliphatic carbocycles. The largest absolute Gasteiger partial charge is 0.397 e. The lowest BCUT2D eigenvalue weighted by molar-refractivity contribution is 0.148. The van der Waals surface area contributed by atoms with Crippen LogP contribution in [0.15, 0.2) is 12.3 Å². The van der Waals surface area contributed by atoms with Crippen molar-refractivity contribution in [3.8, 4) is 0 Å². The van der Waals surface area contributed by atoms with E-state index in [1.54, 1.807) is 6.20 Å². The third kappa shape index (κ3) is 3.35. The van der Waals surface area contributed by atoms with E-state index in [1.807, 2.05) is 13.0 Å². The van der Waals surface area contributed by atoms with Crippen LogP contribution in [0.1, 0.15) is 40.2 Å². The normalized spacial score (nSPS) is 12.6. The molecule has 0 atom stereocenters. The third-order valence-corrected chi connectivity index (χ3v) is 3.83. The van der Waals surface area contributed by atoms with Crippen molar-refractivity contribution >= 4 is 11.5 Å². The molecule has 1 rings (SSSR count). The first-order chi connectivity index (χ1) is 7.63. The molecule has 0 bridgehead atoms. The lowest BCUT2D eigenvalue weighted by atomic mass is 9.69. The van der Waals surface area contributed by atoms with Crippen molar-refractivity contribution in [3.05, 3.63) is 17.8 Å². The number of anilines is 2. The lowest BCUT2D eigenvalue weighted by Gasteiger charge is -2.39. The summed E-state index contributed by atoms with van der Waals surface area (Å²) in [6.45, 7) is 14.2. The molecule has 1 heterocycles. The van der Waals surface area contributed by atoms with Gasteiger partial charge in [0, 0.05) is 6.54 Å². The van der Waals surface area contributed by atoms with Gasteiger partial charge >= 0.3 is 0 Å². The van der Waals surface area contributed by atoms with Crippen LogP contribution in [0.4, 0.5) is 11.5 Å². The van der Waals surface area contributed by atoms with Crippen molar-refractivity contribution in [2.45, 2.75) is 41.5 Å². The Bertz CT molecular complexity index is 389. The number of hydrogen-bond donors (Lipinski definition) is 2. The van der Waals surface area contributed by atoms with Crippen LogP contribution in [0.2, 0.25) is 0 Å². The molecule has 1 aromatic heterocycles. The summed E-state index contributed by atoms with van der Waals surface area (Å²) in [4.78, 5) is 4.33. The molecule has 0 fully saturated rings. The van der Waals surface area contributed by atoms with Crippen LogP contribution in [0.3, 0.4) is 0 Å². The summed E-state index contributed by atoms with van der Waals surface area (Å²) in [6.07, 6.45) is 1.69. The van der Waals surface area contributed by atoms with Gasteiger partial charge in [0.25, 0.3) is 0 Å². The van der Waals surface area contributed by atoms with Gasteiger partial charge in [0.15, 0.2) is 0 Å². The summed E-state index contributed by atoms with van der Waals surface area (Å²) in [6, 6.07) is 1.94. The Labute approximate surface area is 105 Å². The molecule has 0 amide bonds. The average molecular weight is 235 g/mol. The second-order valence-corrected chi connectivity index (χ2v) is 6.42. The molecule has 0 aliphatic rings. The smallest absolute Gasteiger partial charge is 0.129 e. The summed E-state index contributed by atoms with van der Waals surface area (Å²) < 4.78 is 0. The fourth-order valence-electron chi connectivity index (χ4n) is 1.35. The van der Waals surface area contributed by atoms with Gasteiger partial charge in [0.1, 0.15) is 5.82 Å². The average Bonchev–Trinajstić information content (AvgIpc) is 2.14. The van der Waals surface area contributed by atoms with Crippen molar-refractivity contribution in [2.75, 3.05) is 17.6 Å². The van der Waals surface area contributed by atoms with Gasteiger partial charge in [-0.05, 0) is 29.4 Å². The van der Waals surface area contributed by atoms with Gasteiger partial charge in [-0.15, -0.1) is 0 Å². The highest BCUT2D eigenvalue weighted by molar-refractivity contribution is 5.50. The maximum atomic E-state index is 5.69. The quantitative estimate of drug-likeness (QED) is 0.843. The van der Waals surface area contributed by atoms with E-state index in [4.69, 9.17) is 5.73 Å². The minimum absolute atomic E-state index is 0.197. The molecule has 0 saturated heterocycles. The summed E-state index contributed by atoms with van der Waals surface area (Å²) in [7, 11) is 0. The molecule has 0 unspecified atom stereocenters. The Morgan fingerprint density at radius 3 is 2.29 bits per heavy atom. The van der Waals surface area contributed by atoms with Crippen molar-refractivity contribution in [3.63, 3.8) is 0 Å². The molecule has 3 nitrogen and oxygen atoms in total. The maximum absolute atomic E-state index is 5.69. The lowest BCUT2D eigenvalue weighted by Crippen LogP contribution is -2.36. The monoisotopic (exact) mass is 235 g/mol. The molecule has 3 N–H and O–H groups in total. The number of aryl methyl sites for hydroxylation is 1. The molecule has 0 radical (unpaired) electrons. The van der Waals surface area contributed by atoms with Gasteiger partial charge in [0.05, 0.1) is 11.9 Å². The molecular formula is C14H25N3. The molecular weight excluding hydrogens is 210 g/mol. The Hall–Kier alpha value is -1.25. The van der Waals surface area contributed by atoms with E-state index in [0.717, 1.165) is 17.9 Å². The number of nitrogens with one attached hydrogen (secondary N) is 1. The van der Waals surface area contributed by atoms with Crippen molar-refractivity contribution in [2.24, 2.45) is 10.8 Å². The second-order valence-electron chi connectivity index (χ2n) is 6.42. The number of hydrogen-bond acceptors (Lipinski definition) is 3. The van der Waals surface area contributed by atoms with E-state index in [0.29, 0.717) is 5.69 Å². The van der Waals surface area contributed by atoms with E-state index in [2.05, 4.69) is 44.9 Å². The van der Waals surface area contributed by atoms with Crippen LogP contribution < -0.4 is 11.1 Å². The maximum Gasteiger partial charge on any atom is 0.129 e. The summed E-state index contributed by atoms with van der Waals surface area (Å²) >= 11 is 0. The fourth-order valence-corrected chi connectivity index (χ4v) is 1.35. The van der Waals surface area contributed by atoms with Crippen molar-refractivity contribution < 1.29 is 0 Å². The first-order valence-electron chi connectivity index (χ1n) is 6.09. The van der Waals surface area contributed by atoms with Gasteiger partial charge in [-0.3, -0.25) is 0 Å². The number of aromatic nitrogens is 1. The van der Waals surface area contributed by atoms with E-state index in [-0.39, 0.29) is 10.8 Å². The zero-order chi connectivity index (χ0) is 13.3. The molecule has 0 aliphatic heterocycles. The Morgan fingerprint density at radius 1 is 1.24 bits per heavy atom. The van der Waals surface area contributed by atoms with Gasteiger partial charge in [0.2, 0.25) is 0 Å². The van der Waals surface area contributed by atoms with Crippen molar-refractivity contribution in [1.82, 2.24) is 4.98 Å². The van der Waals surface area contributed by atoms with E-state index in [1.165, 1.54) is 0 Å². The molecule has 0 saturated carbocycles. The zero-order valence-corrected chi connectivity index (χ0v) is 11.9. The van der Waals surface area contributed by atoms with Crippen LogP contribution in [-0.4, -0.2) is 11.5 Å². The highest BCUT2D eigenvalue weighted by Crippen LogP contribution is 2.37. The molecule has 96 valence electrons. The predicted octanol–water partition coefficient (Wildman–Crippen LogP) is 3.46. The van der Waals surface area contributed by atoms with Crippen LogP contribution in [0.5, 0.6) is 0 Å². The van der Waals surface area contributed by atoms with Gasteiger partial charge in [-0.25, -0.2) is 4.98 Å². The number of rotatable bonds is 3. The van der Waals surface area contributed by atoms with Crippen LogP contribution in [-0.2, 0) is 0 Å². The minimum Gasteiger partial charge on any atom is -0.397 e. The number of nitrogens with zero attached hydrogens (tertiary/aromatic N) is 1. The Kier molecular flexibility index (Phi) is 3.70. The van der Waals surface area contributed by atoms with Gasteiger partial charge in [-0.2, -0.15) is 0 Å². The second kappa shape index (κ2) is 4.55. The van der Waals surface area contributed by atoms with Crippen LogP contribution >= 0.6 is 0 Å². The number of nitrogen functional groups attached to an aromatic ring is 1. The highest BCUT2D eigenvalue weighted by atomic mass is 15.0. The summed E-state index contributed by atoms with van der Waals surface area (Å²) in [5.41, 5.74) is 7.94. The fraction of sp³-hybridized carbons (Fsp3) is 0.643. The van der Waals surface area contributed by atoms with E-state index < -0.39 is 0 Å².